The van der Waals surface area contributed by atoms with Crippen LogP contribution in [-0.2, 0) is 4.74 Å². The molecule has 0 unspecified atom stereocenters. The van der Waals surface area contributed by atoms with Crippen LogP contribution < -0.4 is 14.5 Å². The quantitative estimate of drug-likeness (QED) is 0.699. The first-order valence-corrected chi connectivity index (χ1v) is 11.9. The zero-order chi connectivity index (χ0) is 23.8. The molecule has 0 aliphatic carbocycles. The Kier molecular flexibility index (Phi) is 6.07. The van der Waals surface area contributed by atoms with E-state index in [0.29, 0.717) is 49.3 Å². The zero-order valence-electron chi connectivity index (χ0n) is 20.1. The van der Waals surface area contributed by atoms with Gasteiger partial charge in [-0.2, -0.15) is 5.26 Å². The minimum Gasteiger partial charge on any atom is -0.468 e. The number of benzene rings is 2. The van der Waals surface area contributed by atoms with Crippen molar-refractivity contribution in [2.24, 2.45) is 0 Å². The first kappa shape index (κ1) is 22.5. The average Bonchev–Trinajstić information content (AvgIpc) is 3.52. The Balaban J connectivity index is 1.67. The molecule has 2 aromatic rings. The van der Waals surface area contributed by atoms with Crippen LogP contribution in [0.2, 0.25) is 0 Å². The molecule has 2 amide bonds. The van der Waals surface area contributed by atoms with E-state index in [4.69, 9.17) is 9.47 Å². The van der Waals surface area contributed by atoms with E-state index < -0.39 is 0 Å². The van der Waals surface area contributed by atoms with Crippen molar-refractivity contribution in [2.45, 2.75) is 19.4 Å². The number of fused-ring (bicyclic) bond motifs is 1. The molecule has 0 spiro atoms. The Morgan fingerprint density at radius 3 is 2.50 bits per heavy atom. The Morgan fingerprint density at radius 1 is 1.12 bits per heavy atom. The number of ether oxygens (including phenoxy) is 2. The fourth-order valence-corrected chi connectivity index (χ4v) is 5.25. The van der Waals surface area contributed by atoms with E-state index in [9.17, 15) is 10.1 Å². The van der Waals surface area contributed by atoms with Crippen molar-refractivity contribution in [3.05, 3.63) is 41.5 Å². The minimum absolute atomic E-state index is 0.107. The highest BCUT2D eigenvalue weighted by molar-refractivity contribution is 6.03. The molecule has 5 rings (SSSR count). The third kappa shape index (κ3) is 3.75. The van der Waals surface area contributed by atoms with Gasteiger partial charge in [-0.05, 0) is 38.6 Å². The molecular formula is C26H31N5O3. The average molecular weight is 462 g/mol. The van der Waals surface area contributed by atoms with E-state index in [2.05, 4.69) is 42.1 Å². The van der Waals surface area contributed by atoms with Crippen LogP contribution >= 0.6 is 0 Å². The van der Waals surface area contributed by atoms with Crippen LogP contribution in [0, 0.1) is 18.3 Å². The molecule has 3 heterocycles. The highest BCUT2D eigenvalue weighted by Gasteiger charge is 2.40. The molecule has 3 aliphatic heterocycles. The van der Waals surface area contributed by atoms with Gasteiger partial charge >= 0.3 is 6.03 Å². The molecule has 1 atom stereocenters. The minimum atomic E-state index is -0.135. The van der Waals surface area contributed by atoms with Gasteiger partial charge in [0.1, 0.15) is 11.8 Å². The number of carbonyl (C=O) groups excluding carboxylic acids is 1. The number of hydrogen-bond donors (Lipinski definition) is 0. The molecule has 3 aliphatic rings. The Morgan fingerprint density at radius 2 is 1.85 bits per heavy atom. The largest absolute Gasteiger partial charge is 0.468 e. The monoisotopic (exact) mass is 461 g/mol. The summed E-state index contributed by atoms with van der Waals surface area (Å²) in [5, 5.41) is 10.2. The van der Waals surface area contributed by atoms with Gasteiger partial charge in [0.05, 0.1) is 24.5 Å². The lowest BCUT2D eigenvalue weighted by molar-refractivity contribution is 0.0544. The van der Waals surface area contributed by atoms with Crippen LogP contribution in [0.3, 0.4) is 0 Å². The summed E-state index contributed by atoms with van der Waals surface area (Å²) in [5.41, 5.74) is 5.01. The maximum absolute atomic E-state index is 13.5. The molecule has 178 valence electrons. The van der Waals surface area contributed by atoms with Crippen molar-refractivity contribution in [3.63, 3.8) is 0 Å². The summed E-state index contributed by atoms with van der Waals surface area (Å²) in [6.07, 6.45) is 1.05. The Bertz CT molecular complexity index is 1120. The molecule has 0 aromatic heterocycles. The van der Waals surface area contributed by atoms with Gasteiger partial charge in [0.2, 0.25) is 0 Å². The summed E-state index contributed by atoms with van der Waals surface area (Å²) in [6.45, 7) is 5.97. The summed E-state index contributed by atoms with van der Waals surface area (Å²) in [5.74, 6) is 0.641. The molecule has 2 aromatic carbocycles. The van der Waals surface area contributed by atoms with Gasteiger partial charge in [-0.15, -0.1) is 0 Å². The molecule has 8 nitrogen and oxygen atoms in total. The standard InChI is InChI=1S/C26H31N5O3/c1-18-21(15-27)23-25(34-17-31(23)26(32)29-11-13-33-14-12-29)24(22(18)19-7-5-4-6-8-19)30-10-9-20(16-30)28(2)3/h4-8,20H,9-14,16-17H2,1-3H3/t20-/m0/s1. The molecule has 0 N–H and O–H groups in total. The fourth-order valence-electron chi connectivity index (χ4n) is 5.25. The van der Waals surface area contributed by atoms with Gasteiger partial charge in [-0.3, -0.25) is 4.90 Å². The summed E-state index contributed by atoms with van der Waals surface area (Å²) in [4.78, 5) is 21.5. The van der Waals surface area contributed by atoms with Crippen LogP contribution in [0.4, 0.5) is 16.2 Å². The third-order valence-electron chi connectivity index (χ3n) is 7.16. The van der Waals surface area contributed by atoms with E-state index in [-0.39, 0.29) is 12.8 Å². The van der Waals surface area contributed by atoms with Crippen molar-refractivity contribution in [2.75, 3.05) is 70.0 Å². The molecule has 2 fully saturated rings. The van der Waals surface area contributed by atoms with Crippen molar-refractivity contribution in [1.29, 1.82) is 5.26 Å². The smallest absolute Gasteiger partial charge is 0.327 e. The maximum atomic E-state index is 13.5. The number of hydrogen-bond acceptors (Lipinski definition) is 6. The van der Waals surface area contributed by atoms with E-state index in [1.165, 1.54) is 0 Å². The van der Waals surface area contributed by atoms with Crippen LogP contribution in [0.25, 0.3) is 11.1 Å². The van der Waals surface area contributed by atoms with Gasteiger partial charge in [-0.25, -0.2) is 4.79 Å². The second-order valence-corrected chi connectivity index (χ2v) is 9.31. The first-order valence-electron chi connectivity index (χ1n) is 11.9. The van der Waals surface area contributed by atoms with Gasteiger partial charge in [-0.1, -0.05) is 30.3 Å². The summed E-state index contributed by atoms with van der Waals surface area (Å²) < 4.78 is 11.7. The van der Waals surface area contributed by atoms with E-state index >= 15 is 0 Å². The number of carbonyl (C=O) groups is 1. The molecule has 34 heavy (non-hydrogen) atoms. The van der Waals surface area contributed by atoms with E-state index in [0.717, 1.165) is 41.9 Å². The van der Waals surface area contributed by atoms with Gasteiger partial charge in [0.25, 0.3) is 0 Å². The molecule has 0 bridgehead atoms. The second kappa shape index (κ2) is 9.16. The van der Waals surface area contributed by atoms with Crippen molar-refractivity contribution >= 4 is 17.4 Å². The SMILES string of the molecule is Cc1c(C#N)c2c(c(N3CC[C@H](N(C)C)C3)c1-c1ccccc1)OCN2C(=O)N1CCOCC1. The molecular weight excluding hydrogens is 430 g/mol. The van der Waals surface area contributed by atoms with E-state index in [1.807, 2.05) is 25.1 Å². The van der Waals surface area contributed by atoms with Crippen LogP contribution in [-0.4, -0.2) is 82.1 Å². The number of likely N-dealkylation sites (N-methyl/N-ethyl adjacent to an activating group) is 1. The number of amides is 2. The summed E-state index contributed by atoms with van der Waals surface area (Å²) in [7, 11) is 4.22. The van der Waals surface area contributed by atoms with Crippen molar-refractivity contribution < 1.29 is 14.3 Å². The molecule has 0 saturated carbocycles. The van der Waals surface area contributed by atoms with Gasteiger partial charge in [0.15, 0.2) is 12.5 Å². The predicted octanol–water partition coefficient (Wildman–Crippen LogP) is 3.28. The highest BCUT2D eigenvalue weighted by atomic mass is 16.5. The fraction of sp³-hybridized carbons (Fsp3) is 0.462. The summed E-state index contributed by atoms with van der Waals surface area (Å²) >= 11 is 0. The maximum Gasteiger partial charge on any atom is 0.327 e. The van der Waals surface area contributed by atoms with Crippen molar-refractivity contribution in [3.8, 4) is 22.9 Å². The molecule has 8 heteroatoms. The lowest BCUT2D eigenvalue weighted by Gasteiger charge is -2.31. The number of anilines is 2. The second-order valence-electron chi connectivity index (χ2n) is 9.31. The third-order valence-corrected chi connectivity index (χ3v) is 7.16. The topological polar surface area (TPSA) is 72.3 Å². The normalized spacial score (nSPS) is 19.9. The molecule has 0 radical (unpaired) electrons. The highest BCUT2D eigenvalue weighted by Crippen LogP contribution is 2.53. The Labute approximate surface area is 200 Å². The van der Waals surface area contributed by atoms with Gasteiger partial charge < -0.3 is 24.2 Å². The summed E-state index contributed by atoms with van der Waals surface area (Å²) in [6, 6.07) is 12.9. The first-order chi connectivity index (χ1) is 16.5. The number of nitriles is 1. The van der Waals surface area contributed by atoms with Crippen LogP contribution in [0.1, 0.15) is 17.5 Å². The zero-order valence-corrected chi connectivity index (χ0v) is 20.1. The Hall–Kier alpha value is -3.28. The van der Waals surface area contributed by atoms with Crippen LogP contribution in [0.15, 0.2) is 30.3 Å². The number of morpholine rings is 1. The lowest BCUT2D eigenvalue weighted by atomic mass is 9.92. The lowest BCUT2D eigenvalue weighted by Crippen LogP contribution is -2.48. The molecule has 2 saturated heterocycles. The predicted molar refractivity (Wildman–Crippen MR) is 131 cm³/mol. The number of rotatable bonds is 3. The van der Waals surface area contributed by atoms with Crippen LogP contribution in [0.5, 0.6) is 5.75 Å². The number of urea groups is 1. The van der Waals surface area contributed by atoms with E-state index in [1.54, 1.807) is 9.80 Å². The van der Waals surface area contributed by atoms with Crippen molar-refractivity contribution in [1.82, 2.24) is 9.80 Å². The van der Waals surface area contributed by atoms with Gasteiger partial charge in [0, 0.05) is 37.8 Å². The number of nitrogens with zero attached hydrogens (tertiary/aromatic N) is 5.